The second-order valence-corrected chi connectivity index (χ2v) is 5.78. The van der Waals surface area contributed by atoms with E-state index in [0.717, 1.165) is 35.2 Å². The Balaban J connectivity index is 2.35. The first-order chi connectivity index (χ1) is 9.61. The zero-order chi connectivity index (χ0) is 14.5. The topological polar surface area (TPSA) is 63.8 Å². The quantitative estimate of drug-likeness (QED) is 0.815. The van der Waals surface area contributed by atoms with Crippen LogP contribution in [0.5, 0.6) is 0 Å². The Morgan fingerprint density at radius 1 is 1.35 bits per heavy atom. The first-order valence-electron chi connectivity index (χ1n) is 6.81. The van der Waals surface area contributed by atoms with E-state index in [0.29, 0.717) is 5.22 Å². The van der Waals surface area contributed by atoms with Crippen molar-refractivity contribution in [1.29, 1.82) is 0 Å². The number of nitrogens with one attached hydrogen (secondary N) is 1. The molecule has 20 heavy (non-hydrogen) atoms. The molecule has 0 aliphatic carbocycles. The van der Waals surface area contributed by atoms with Crippen LogP contribution in [0.25, 0.3) is 0 Å². The molecule has 0 aliphatic heterocycles. The first-order valence-corrected chi connectivity index (χ1v) is 7.63. The highest BCUT2D eigenvalue weighted by atomic mass is 32.2. The lowest BCUT2D eigenvalue weighted by Crippen LogP contribution is -2.09. The second-order valence-electron chi connectivity index (χ2n) is 4.84. The molecule has 0 radical (unpaired) electrons. The lowest BCUT2D eigenvalue weighted by Gasteiger charge is -2.14. The molecule has 0 spiro atoms. The van der Waals surface area contributed by atoms with Gasteiger partial charge in [-0.2, -0.15) is 0 Å². The normalized spacial score (nSPS) is 11.1. The van der Waals surface area contributed by atoms with Gasteiger partial charge in [-0.05, 0) is 25.1 Å². The maximum Gasteiger partial charge on any atom is 0.261 e. The maximum absolute atomic E-state index is 5.28. The molecule has 2 heterocycles. The third-order valence-electron chi connectivity index (χ3n) is 2.77. The van der Waals surface area contributed by atoms with Crippen LogP contribution in [0.15, 0.2) is 27.1 Å². The zero-order valence-electron chi connectivity index (χ0n) is 12.3. The average molecular weight is 292 g/mol. The van der Waals surface area contributed by atoms with Gasteiger partial charge in [0.1, 0.15) is 22.9 Å². The Kier molecular flexibility index (Phi) is 5.00. The fourth-order valence-electron chi connectivity index (χ4n) is 1.63. The molecular formula is C14H20N4OS. The summed E-state index contributed by atoms with van der Waals surface area (Å²) in [5, 5.41) is 4.86. The van der Waals surface area contributed by atoms with Gasteiger partial charge in [-0.25, -0.2) is 15.0 Å². The predicted octanol–water partition coefficient (Wildman–Crippen LogP) is 3.87. The Hall–Kier alpha value is -1.56. The number of oxazole rings is 1. The fraction of sp³-hybridized carbons (Fsp3) is 0.500. The van der Waals surface area contributed by atoms with Gasteiger partial charge in [0.05, 0.1) is 6.20 Å². The van der Waals surface area contributed by atoms with Gasteiger partial charge in [-0.3, -0.25) is 0 Å². The molecule has 0 saturated carbocycles. The summed E-state index contributed by atoms with van der Waals surface area (Å²) in [5.41, 5.74) is 1.03. The molecule has 0 atom stereocenters. The van der Waals surface area contributed by atoms with Crippen LogP contribution in [-0.4, -0.2) is 21.5 Å². The molecule has 1 N–H and O–H groups in total. The molecule has 2 aromatic rings. The average Bonchev–Trinajstić information content (AvgIpc) is 2.92. The van der Waals surface area contributed by atoms with Crippen molar-refractivity contribution in [3.05, 3.63) is 23.8 Å². The van der Waals surface area contributed by atoms with Crippen LogP contribution >= 0.6 is 11.8 Å². The van der Waals surface area contributed by atoms with E-state index in [2.05, 4.69) is 41.0 Å². The number of rotatable bonds is 6. The lowest BCUT2D eigenvalue weighted by molar-refractivity contribution is 0.453. The maximum atomic E-state index is 5.28. The van der Waals surface area contributed by atoms with Crippen LogP contribution in [-0.2, 0) is 0 Å². The number of nitrogens with zero attached hydrogens (tertiary/aromatic N) is 3. The lowest BCUT2D eigenvalue weighted by atomic mass is 10.2. The minimum Gasteiger partial charge on any atom is -0.440 e. The van der Waals surface area contributed by atoms with Crippen molar-refractivity contribution < 1.29 is 4.42 Å². The largest absolute Gasteiger partial charge is 0.440 e. The molecule has 6 heteroatoms. The van der Waals surface area contributed by atoms with E-state index in [9.17, 15) is 0 Å². The van der Waals surface area contributed by atoms with Crippen LogP contribution in [0.1, 0.15) is 44.5 Å². The second kappa shape index (κ2) is 6.74. The van der Waals surface area contributed by atoms with Gasteiger partial charge in [0.25, 0.3) is 5.22 Å². The Morgan fingerprint density at radius 2 is 2.15 bits per heavy atom. The van der Waals surface area contributed by atoms with Crippen LogP contribution < -0.4 is 5.32 Å². The highest BCUT2D eigenvalue weighted by Gasteiger charge is 2.15. The summed E-state index contributed by atoms with van der Waals surface area (Å²) in [7, 11) is 0. The number of aromatic nitrogens is 3. The Bertz CT molecular complexity index is 555. The van der Waals surface area contributed by atoms with Crippen molar-refractivity contribution in [2.24, 2.45) is 0 Å². The molecule has 0 unspecified atom stereocenters. The van der Waals surface area contributed by atoms with Crippen LogP contribution in [0.2, 0.25) is 0 Å². The number of anilines is 1. The summed E-state index contributed by atoms with van der Waals surface area (Å²) < 4.78 is 5.28. The summed E-state index contributed by atoms with van der Waals surface area (Å²) in [5.74, 6) is 2.02. The van der Waals surface area contributed by atoms with E-state index < -0.39 is 0 Å². The molecule has 0 fully saturated rings. The highest BCUT2D eigenvalue weighted by molar-refractivity contribution is 7.99. The van der Waals surface area contributed by atoms with E-state index in [1.54, 1.807) is 12.5 Å². The van der Waals surface area contributed by atoms with E-state index in [4.69, 9.17) is 4.42 Å². The summed E-state index contributed by atoms with van der Waals surface area (Å²) in [4.78, 5) is 13.4. The standard InChI is InChI=1S/C14H20N4OS/c1-5-6-15-12-10(4)13(18-11(17-12)9(2)3)20-14-16-7-8-19-14/h7-9H,5-6H2,1-4H3,(H,15,17,18). The zero-order valence-corrected chi connectivity index (χ0v) is 13.1. The summed E-state index contributed by atoms with van der Waals surface area (Å²) in [6.07, 6.45) is 4.26. The van der Waals surface area contributed by atoms with E-state index in [1.165, 1.54) is 11.8 Å². The fourth-order valence-corrected chi connectivity index (χ4v) is 2.40. The Morgan fingerprint density at radius 3 is 2.75 bits per heavy atom. The molecular weight excluding hydrogens is 272 g/mol. The van der Waals surface area contributed by atoms with Crippen molar-refractivity contribution in [1.82, 2.24) is 15.0 Å². The van der Waals surface area contributed by atoms with Gasteiger partial charge in [-0.1, -0.05) is 20.8 Å². The number of hydrogen-bond donors (Lipinski definition) is 1. The highest BCUT2D eigenvalue weighted by Crippen LogP contribution is 2.31. The summed E-state index contributed by atoms with van der Waals surface area (Å²) in [6, 6.07) is 0. The van der Waals surface area contributed by atoms with Gasteiger partial charge in [0.15, 0.2) is 0 Å². The smallest absolute Gasteiger partial charge is 0.261 e. The molecule has 0 bridgehead atoms. The molecule has 108 valence electrons. The molecule has 0 aromatic carbocycles. The summed E-state index contributed by atoms with van der Waals surface area (Å²) >= 11 is 1.43. The number of hydrogen-bond acceptors (Lipinski definition) is 6. The molecule has 5 nitrogen and oxygen atoms in total. The monoisotopic (exact) mass is 292 g/mol. The van der Waals surface area contributed by atoms with Crippen molar-refractivity contribution >= 4 is 17.6 Å². The van der Waals surface area contributed by atoms with E-state index in [1.807, 2.05) is 6.92 Å². The first kappa shape index (κ1) is 14.8. The van der Waals surface area contributed by atoms with Crippen molar-refractivity contribution in [2.75, 3.05) is 11.9 Å². The van der Waals surface area contributed by atoms with E-state index >= 15 is 0 Å². The molecule has 0 saturated heterocycles. The van der Waals surface area contributed by atoms with Gasteiger partial charge in [-0.15, -0.1) is 0 Å². The molecule has 0 aliphatic rings. The molecule has 2 aromatic heterocycles. The van der Waals surface area contributed by atoms with Crippen LogP contribution in [0.4, 0.5) is 5.82 Å². The van der Waals surface area contributed by atoms with Gasteiger partial charge < -0.3 is 9.73 Å². The van der Waals surface area contributed by atoms with Crippen molar-refractivity contribution in [3.63, 3.8) is 0 Å². The third kappa shape index (κ3) is 3.50. The Labute approximate surface area is 123 Å². The minimum absolute atomic E-state index is 0.279. The molecule has 0 amide bonds. The van der Waals surface area contributed by atoms with E-state index in [-0.39, 0.29) is 5.92 Å². The summed E-state index contributed by atoms with van der Waals surface area (Å²) in [6.45, 7) is 9.24. The van der Waals surface area contributed by atoms with Gasteiger partial charge in [0, 0.05) is 18.0 Å². The van der Waals surface area contributed by atoms with Crippen molar-refractivity contribution in [3.8, 4) is 0 Å². The third-order valence-corrected chi connectivity index (χ3v) is 3.74. The van der Waals surface area contributed by atoms with Crippen LogP contribution in [0.3, 0.4) is 0 Å². The van der Waals surface area contributed by atoms with Gasteiger partial charge >= 0.3 is 0 Å². The van der Waals surface area contributed by atoms with Gasteiger partial charge in [0.2, 0.25) is 0 Å². The van der Waals surface area contributed by atoms with Crippen LogP contribution in [0, 0.1) is 6.92 Å². The minimum atomic E-state index is 0.279. The SMILES string of the molecule is CCCNc1nc(C(C)C)nc(Sc2ncco2)c1C. The predicted molar refractivity (Wildman–Crippen MR) is 80.3 cm³/mol. The van der Waals surface area contributed by atoms with Crippen molar-refractivity contribution in [2.45, 2.75) is 50.3 Å². The molecule has 2 rings (SSSR count).